The van der Waals surface area contributed by atoms with E-state index in [2.05, 4.69) is 15.6 Å². The van der Waals surface area contributed by atoms with Crippen molar-refractivity contribution in [2.75, 3.05) is 46.9 Å². The molecule has 2 unspecified atom stereocenters. The van der Waals surface area contributed by atoms with Crippen LogP contribution < -0.4 is 10.6 Å². The second kappa shape index (κ2) is 12.1. The minimum atomic E-state index is -0.272. The van der Waals surface area contributed by atoms with Crippen molar-refractivity contribution in [3.05, 3.63) is 35.6 Å². The SMILES string of the molecule is CN=C(NCC(=O)NCCOC)N1CC(C)OC(c2ccc(F)cc2)C1.I. The Hall–Kier alpha value is -1.46. The third kappa shape index (κ3) is 7.59. The maximum atomic E-state index is 13.2. The Kier molecular flexibility index (Phi) is 10.6. The highest BCUT2D eigenvalue weighted by Crippen LogP contribution is 2.25. The van der Waals surface area contributed by atoms with E-state index in [9.17, 15) is 9.18 Å². The van der Waals surface area contributed by atoms with E-state index in [1.807, 2.05) is 11.8 Å². The molecule has 0 spiro atoms. The molecule has 0 aliphatic carbocycles. The molecule has 1 saturated heterocycles. The van der Waals surface area contributed by atoms with E-state index < -0.39 is 0 Å². The van der Waals surface area contributed by atoms with Crippen LogP contribution in [0, 0.1) is 5.82 Å². The highest BCUT2D eigenvalue weighted by Gasteiger charge is 2.28. The average Bonchev–Trinajstić information content (AvgIpc) is 2.62. The van der Waals surface area contributed by atoms with Crippen molar-refractivity contribution in [1.29, 1.82) is 0 Å². The molecule has 2 N–H and O–H groups in total. The first-order valence-electron chi connectivity index (χ1n) is 8.65. The normalized spacial score (nSPS) is 20.0. The molecule has 1 aromatic rings. The molecule has 1 aliphatic heterocycles. The Balaban J connectivity index is 0.00000364. The fourth-order valence-electron chi connectivity index (χ4n) is 2.83. The van der Waals surface area contributed by atoms with Crippen LogP contribution >= 0.6 is 24.0 Å². The summed E-state index contributed by atoms with van der Waals surface area (Å²) in [5.41, 5.74) is 0.913. The van der Waals surface area contributed by atoms with Gasteiger partial charge in [0, 0.05) is 27.2 Å². The highest BCUT2D eigenvalue weighted by molar-refractivity contribution is 14.0. The predicted octanol–water partition coefficient (Wildman–Crippen LogP) is 1.54. The van der Waals surface area contributed by atoms with E-state index >= 15 is 0 Å². The Labute approximate surface area is 176 Å². The zero-order valence-corrected chi connectivity index (χ0v) is 18.2. The predicted molar refractivity (Wildman–Crippen MR) is 113 cm³/mol. The number of ether oxygens (including phenoxy) is 2. The van der Waals surface area contributed by atoms with E-state index in [0.29, 0.717) is 32.2 Å². The number of hydrogen-bond donors (Lipinski definition) is 2. The summed E-state index contributed by atoms with van der Waals surface area (Å²) in [6.45, 7) is 4.28. The van der Waals surface area contributed by atoms with Gasteiger partial charge in [0.25, 0.3) is 0 Å². The summed E-state index contributed by atoms with van der Waals surface area (Å²) in [7, 11) is 3.27. The van der Waals surface area contributed by atoms with Gasteiger partial charge in [0.05, 0.1) is 25.8 Å². The van der Waals surface area contributed by atoms with Crippen molar-refractivity contribution >= 4 is 35.8 Å². The lowest BCUT2D eigenvalue weighted by Gasteiger charge is -2.38. The van der Waals surface area contributed by atoms with E-state index in [4.69, 9.17) is 9.47 Å². The quantitative estimate of drug-likeness (QED) is 0.272. The molecule has 27 heavy (non-hydrogen) atoms. The standard InChI is InChI=1S/C18H27FN4O3.HI/c1-13-11-23(12-16(26-13)14-4-6-15(19)7-5-14)18(20-2)22-10-17(24)21-8-9-25-3;/h4-7,13,16H,8-12H2,1-3H3,(H,20,22)(H,21,24);1H. The number of nitrogens with one attached hydrogen (secondary N) is 2. The van der Waals surface area contributed by atoms with Gasteiger partial charge in [0.15, 0.2) is 5.96 Å². The van der Waals surface area contributed by atoms with Gasteiger partial charge in [-0.3, -0.25) is 9.79 Å². The van der Waals surface area contributed by atoms with Crippen LogP contribution in [0.5, 0.6) is 0 Å². The second-order valence-corrected chi connectivity index (χ2v) is 6.14. The summed E-state index contributed by atoms with van der Waals surface area (Å²) in [5, 5.41) is 5.83. The largest absolute Gasteiger partial charge is 0.383 e. The highest BCUT2D eigenvalue weighted by atomic mass is 127. The summed E-state index contributed by atoms with van der Waals surface area (Å²) in [5.74, 6) is 0.236. The molecule has 152 valence electrons. The van der Waals surface area contributed by atoms with E-state index in [0.717, 1.165) is 5.56 Å². The van der Waals surface area contributed by atoms with Gasteiger partial charge in [-0.15, -0.1) is 24.0 Å². The number of morpholine rings is 1. The number of aliphatic imine (C=N–C) groups is 1. The maximum absolute atomic E-state index is 13.2. The van der Waals surface area contributed by atoms with Crippen LogP contribution in [0.1, 0.15) is 18.6 Å². The summed E-state index contributed by atoms with van der Waals surface area (Å²) in [4.78, 5) is 18.2. The van der Waals surface area contributed by atoms with Crippen LogP contribution in [0.25, 0.3) is 0 Å². The van der Waals surface area contributed by atoms with Crippen LogP contribution in [0.2, 0.25) is 0 Å². The topological polar surface area (TPSA) is 75.2 Å². The van der Waals surface area contributed by atoms with Gasteiger partial charge in [-0.1, -0.05) is 12.1 Å². The molecular weight excluding hydrogens is 466 g/mol. The fraction of sp³-hybridized carbons (Fsp3) is 0.556. The van der Waals surface area contributed by atoms with Crippen molar-refractivity contribution in [3.63, 3.8) is 0 Å². The number of hydrogen-bond acceptors (Lipinski definition) is 4. The Bertz CT molecular complexity index is 615. The number of benzene rings is 1. The number of halogens is 2. The Morgan fingerprint density at radius 1 is 1.33 bits per heavy atom. The van der Waals surface area contributed by atoms with Crippen LogP contribution in [-0.2, 0) is 14.3 Å². The van der Waals surface area contributed by atoms with Crippen molar-refractivity contribution in [2.45, 2.75) is 19.1 Å². The monoisotopic (exact) mass is 494 g/mol. The lowest BCUT2D eigenvalue weighted by Crippen LogP contribution is -2.52. The molecule has 2 rings (SSSR count). The molecule has 7 nitrogen and oxygen atoms in total. The lowest BCUT2D eigenvalue weighted by molar-refractivity contribution is -0.120. The molecule has 1 amide bonds. The Morgan fingerprint density at radius 3 is 2.67 bits per heavy atom. The van der Waals surface area contributed by atoms with Crippen LogP contribution in [0.4, 0.5) is 4.39 Å². The van der Waals surface area contributed by atoms with E-state index in [1.165, 1.54) is 12.1 Å². The third-order valence-corrected chi connectivity index (χ3v) is 4.05. The zero-order chi connectivity index (χ0) is 18.9. The second-order valence-electron chi connectivity index (χ2n) is 6.14. The van der Waals surface area contributed by atoms with E-state index in [1.54, 1.807) is 26.3 Å². The molecule has 1 aliphatic rings. The third-order valence-electron chi connectivity index (χ3n) is 4.05. The first-order valence-corrected chi connectivity index (χ1v) is 8.65. The molecule has 2 atom stereocenters. The summed E-state index contributed by atoms with van der Waals surface area (Å²) in [6.07, 6.45) is -0.207. The average molecular weight is 494 g/mol. The van der Waals surface area contributed by atoms with Crippen LogP contribution in [0.15, 0.2) is 29.3 Å². The Morgan fingerprint density at radius 2 is 2.04 bits per heavy atom. The van der Waals surface area contributed by atoms with Crippen molar-refractivity contribution in [3.8, 4) is 0 Å². The number of carbonyl (C=O) groups excluding carboxylic acids is 1. The smallest absolute Gasteiger partial charge is 0.239 e. The van der Waals surface area contributed by atoms with Gasteiger partial charge in [-0.05, 0) is 24.6 Å². The first kappa shape index (κ1) is 23.6. The summed E-state index contributed by atoms with van der Waals surface area (Å²) < 4.78 is 24.0. The fourth-order valence-corrected chi connectivity index (χ4v) is 2.83. The number of methoxy groups -OCH3 is 1. The minimum absolute atomic E-state index is 0. The number of nitrogens with zero attached hydrogens (tertiary/aromatic N) is 2. The molecular formula is C18H28FIN4O3. The number of rotatable bonds is 6. The molecule has 1 aromatic carbocycles. The van der Waals surface area contributed by atoms with Gasteiger partial charge in [-0.2, -0.15) is 0 Å². The van der Waals surface area contributed by atoms with Crippen molar-refractivity contribution < 1.29 is 18.7 Å². The summed E-state index contributed by atoms with van der Waals surface area (Å²) >= 11 is 0. The molecule has 0 aromatic heterocycles. The van der Waals surface area contributed by atoms with Crippen LogP contribution in [-0.4, -0.2) is 69.8 Å². The van der Waals surface area contributed by atoms with E-state index in [-0.39, 0.29) is 54.5 Å². The van der Waals surface area contributed by atoms with Crippen molar-refractivity contribution in [1.82, 2.24) is 15.5 Å². The molecule has 0 bridgehead atoms. The number of carbonyl (C=O) groups is 1. The molecule has 9 heteroatoms. The zero-order valence-electron chi connectivity index (χ0n) is 15.9. The first-order chi connectivity index (χ1) is 12.5. The van der Waals surface area contributed by atoms with Gasteiger partial charge in [-0.25, -0.2) is 4.39 Å². The molecule has 1 fully saturated rings. The van der Waals surface area contributed by atoms with Gasteiger partial charge >= 0.3 is 0 Å². The number of guanidine groups is 1. The molecule has 0 saturated carbocycles. The lowest BCUT2D eigenvalue weighted by atomic mass is 10.1. The minimum Gasteiger partial charge on any atom is -0.383 e. The van der Waals surface area contributed by atoms with Crippen molar-refractivity contribution in [2.24, 2.45) is 4.99 Å². The van der Waals surface area contributed by atoms with Crippen LogP contribution in [0.3, 0.4) is 0 Å². The van der Waals surface area contributed by atoms with Gasteiger partial charge in [0.2, 0.25) is 5.91 Å². The van der Waals surface area contributed by atoms with Gasteiger partial charge < -0.3 is 25.0 Å². The molecule has 1 heterocycles. The number of amides is 1. The maximum Gasteiger partial charge on any atom is 0.239 e. The summed E-state index contributed by atoms with van der Waals surface area (Å²) in [6, 6.07) is 6.32. The van der Waals surface area contributed by atoms with Gasteiger partial charge in [0.1, 0.15) is 11.9 Å². The molecule has 0 radical (unpaired) electrons.